The average Bonchev–Trinajstić information content (AvgIpc) is 4.04. The highest BCUT2D eigenvalue weighted by Crippen LogP contribution is 2.58. The Kier molecular flexibility index (Phi) is 9.52. The van der Waals surface area contributed by atoms with Gasteiger partial charge in [0.05, 0.1) is 33.8 Å². The van der Waals surface area contributed by atoms with Crippen molar-refractivity contribution in [3.63, 3.8) is 0 Å². The first-order valence-corrected chi connectivity index (χ1v) is 26.0. The summed E-state index contributed by atoms with van der Waals surface area (Å²) < 4.78 is 9.50. The van der Waals surface area contributed by atoms with Crippen LogP contribution in [0.2, 0.25) is 0 Å². The lowest BCUT2D eigenvalue weighted by Crippen LogP contribution is -2.25. The molecule has 0 saturated heterocycles. The molecule has 0 bridgehead atoms. The lowest BCUT2D eigenvalue weighted by molar-refractivity contribution is 0.483. The molecule has 0 saturated carbocycles. The van der Waals surface area contributed by atoms with Crippen molar-refractivity contribution in [2.24, 2.45) is 0 Å². The van der Waals surface area contributed by atoms with Gasteiger partial charge >= 0.3 is 0 Å². The molecule has 0 fully saturated rings. The summed E-state index contributed by atoms with van der Waals surface area (Å²) in [5.74, 6) is 1.51. The SMILES string of the molecule is CC(C)(C)c1ccc(-c2cccc(-c3ccccc3)c2N2CN3c4cc(Oc5ccc6c7cccc8c9ccccc9c9ccccc9c9cccnc9n(c6c5)c87)ccc4-c4ccccc4-c4cccc2c43)cc1. The molecule has 5 nitrogen and oxygen atoms in total. The van der Waals surface area contributed by atoms with Gasteiger partial charge in [-0.2, -0.15) is 0 Å². The zero-order valence-corrected chi connectivity index (χ0v) is 41.9. The van der Waals surface area contributed by atoms with E-state index in [9.17, 15) is 0 Å². The van der Waals surface area contributed by atoms with Gasteiger partial charge in [-0.15, -0.1) is 0 Å². The van der Waals surface area contributed by atoms with Crippen molar-refractivity contribution in [1.29, 1.82) is 0 Å². The van der Waals surface area contributed by atoms with Crippen molar-refractivity contribution in [2.45, 2.75) is 26.2 Å². The van der Waals surface area contributed by atoms with E-state index < -0.39 is 0 Å². The summed E-state index contributed by atoms with van der Waals surface area (Å²) in [6, 6.07) is 84.1. The zero-order chi connectivity index (χ0) is 49.9. The molecular weight excluding hydrogens is 913 g/mol. The van der Waals surface area contributed by atoms with Gasteiger partial charge in [0.25, 0.3) is 0 Å². The molecule has 5 heteroatoms. The van der Waals surface area contributed by atoms with Crippen LogP contribution >= 0.6 is 0 Å². The second-order valence-electron chi connectivity index (χ2n) is 21.1. The van der Waals surface area contributed by atoms with Crippen LogP contribution in [0.1, 0.15) is 26.3 Å². The normalized spacial score (nSPS) is 12.9. The van der Waals surface area contributed by atoms with E-state index in [4.69, 9.17) is 9.72 Å². The monoisotopic (exact) mass is 962 g/mol. The molecule has 0 spiro atoms. The predicted molar refractivity (Wildman–Crippen MR) is 314 cm³/mol. The van der Waals surface area contributed by atoms with Crippen LogP contribution in [-0.4, -0.2) is 16.1 Å². The second kappa shape index (κ2) is 16.5. The Morgan fingerprint density at radius 3 is 1.65 bits per heavy atom. The van der Waals surface area contributed by atoms with Crippen molar-refractivity contribution in [3.05, 3.63) is 242 Å². The Bertz CT molecular complexity index is 4530. The topological polar surface area (TPSA) is 33.0 Å². The Morgan fingerprint density at radius 2 is 0.920 bits per heavy atom. The van der Waals surface area contributed by atoms with Gasteiger partial charge in [0, 0.05) is 62.1 Å². The van der Waals surface area contributed by atoms with Gasteiger partial charge in [-0.05, 0) is 97.2 Å². The number of para-hydroxylation sites is 3. The van der Waals surface area contributed by atoms with E-state index in [1.165, 1.54) is 77.4 Å². The molecule has 0 aliphatic carbocycles. The molecule has 356 valence electrons. The molecule has 3 aromatic heterocycles. The highest BCUT2D eigenvalue weighted by atomic mass is 16.5. The fourth-order valence-corrected chi connectivity index (χ4v) is 12.3. The number of benzene rings is 10. The summed E-state index contributed by atoms with van der Waals surface area (Å²) in [7, 11) is 0. The first-order chi connectivity index (χ1) is 36.9. The van der Waals surface area contributed by atoms with Crippen LogP contribution in [-0.2, 0) is 5.41 Å². The summed E-state index contributed by atoms with van der Waals surface area (Å²) >= 11 is 0. The minimum absolute atomic E-state index is 0.0466. The number of hydrogen-bond donors (Lipinski definition) is 0. The van der Waals surface area contributed by atoms with Crippen LogP contribution in [0.3, 0.4) is 0 Å². The van der Waals surface area contributed by atoms with Gasteiger partial charge in [-0.1, -0.05) is 197 Å². The van der Waals surface area contributed by atoms with E-state index in [-0.39, 0.29) is 5.41 Å². The Hall–Kier alpha value is -9.45. The molecule has 2 aliphatic heterocycles. The fourth-order valence-electron chi connectivity index (χ4n) is 12.3. The van der Waals surface area contributed by atoms with E-state index in [1.54, 1.807) is 0 Å². The third-order valence-electron chi connectivity index (χ3n) is 15.8. The van der Waals surface area contributed by atoms with Crippen LogP contribution in [0, 0.1) is 0 Å². The van der Waals surface area contributed by atoms with Crippen LogP contribution < -0.4 is 14.5 Å². The van der Waals surface area contributed by atoms with Crippen molar-refractivity contribution in [2.75, 3.05) is 16.5 Å². The smallest absolute Gasteiger partial charge is 0.145 e. The molecule has 10 aromatic carbocycles. The number of rotatable bonds is 5. The maximum absolute atomic E-state index is 7.13. The maximum Gasteiger partial charge on any atom is 0.145 e. The second-order valence-corrected chi connectivity index (χ2v) is 21.1. The largest absolute Gasteiger partial charge is 0.457 e. The minimum Gasteiger partial charge on any atom is -0.457 e. The summed E-state index contributed by atoms with van der Waals surface area (Å²) in [4.78, 5) is 10.3. The van der Waals surface area contributed by atoms with E-state index in [0.29, 0.717) is 6.67 Å². The minimum atomic E-state index is 0.0466. The van der Waals surface area contributed by atoms with Crippen molar-refractivity contribution in [1.82, 2.24) is 9.38 Å². The van der Waals surface area contributed by atoms with Gasteiger partial charge in [0.15, 0.2) is 0 Å². The molecule has 75 heavy (non-hydrogen) atoms. The maximum atomic E-state index is 7.13. The number of pyridine rings is 1. The zero-order valence-electron chi connectivity index (χ0n) is 41.9. The summed E-state index contributed by atoms with van der Waals surface area (Å²) in [5, 5.41) is 9.27. The van der Waals surface area contributed by atoms with Gasteiger partial charge in [-0.3, -0.25) is 4.40 Å². The van der Waals surface area contributed by atoms with Crippen LogP contribution in [0.5, 0.6) is 11.5 Å². The van der Waals surface area contributed by atoms with Gasteiger partial charge in [-0.25, -0.2) is 4.98 Å². The highest BCUT2D eigenvalue weighted by molar-refractivity contribution is 6.25. The Morgan fingerprint density at radius 1 is 0.387 bits per heavy atom. The standard InChI is InChI=1S/C70H50N4O/c1-70(2,3)46-34-32-45(33-35-46)50-26-13-25-49(44-17-5-4-6-18-44)66(50)72-43-73-64-41-47(36-38-57(64)53-21-9-11-23-55(53)60-29-15-31-63(72)68(60)73)75-48-37-39-58-61-28-14-27-59-54-22-10-7-19-51(54)52-20-8-12-24-56(52)62-30-16-40-71-69(62)74(67(59)61)65(58)42-48/h4-42H,43H2,1-3H3. The molecule has 13 aromatic rings. The van der Waals surface area contributed by atoms with Crippen molar-refractivity contribution >= 4 is 82.5 Å². The lowest BCUT2D eigenvalue weighted by atomic mass is 9.86. The van der Waals surface area contributed by atoms with Crippen LogP contribution in [0.4, 0.5) is 22.7 Å². The van der Waals surface area contributed by atoms with E-state index in [1.807, 2.05) is 12.3 Å². The number of nitrogens with zero attached hydrogens (tertiary/aromatic N) is 4. The summed E-state index contributed by atoms with van der Waals surface area (Å²) in [5.41, 5.74) is 18.6. The van der Waals surface area contributed by atoms with E-state index >= 15 is 0 Å². The van der Waals surface area contributed by atoms with Crippen molar-refractivity contribution < 1.29 is 4.74 Å². The van der Waals surface area contributed by atoms with E-state index in [0.717, 1.165) is 66.7 Å². The summed E-state index contributed by atoms with van der Waals surface area (Å²) in [6.45, 7) is 7.43. The third-order valence-corrected chi connectivity index (χ3v) is 15.8. The number of ether oxygens (including phenoxy) is 1. The van der Waals surface area contributed by atoms with Crippen LogP contribution in [0.15, 0.2) is 237 Å². The van der Waals surface area contributed by atoms with E-state index in [2.05, 4.69) is 259 Å². The molecule has 0 amide bonds. The number of anilines is 4. The van der Waals surface area contributed by atoms with Crippen LogP contribution in [0.25, 0.3) is 104 Å². The molecule has 5 heterocycles. The quantitative estimate of drug-likeness (QED) is 0.172. The third kappa shape index (κ3) is 6.67. The van der Waals surface area contributed by atoms with Crippen molar-refractivity contribution in [3.8, 4) is 56.0 Å². The molecule has 15 rings (SSSR count). The molecule has 0 atom stereocenters. The molecule has 0 radical (unpaired) electrons. The molecule has 0 unspecified atom stereocenters. The predicted octanol–water partition coefficient (Wildman–Crippen LogP) is 19.0. The van der Waals surface area contributed by atoms with Gasteiger partial charge in [0.2, 0.25) is 0 Å². The lowest BCUT2D eigenvalue weighted by Gasteiger charge is -2.28. The highest BCUT2D eigenvalue weighted by Gasteiger charge is 2.37. The Labute approximate surface area is 435 Å². The van der Waals surface area contributed by atoms with Gasteiger partial charge < -0.3 is 14.5 Å². The summed E-state index contributed by atoms with van der Waals surface area (Å²) in [6.07, 6.45) is 1.91. The number of hydrogen-bond acceptors (Lipinski definition) is 4. The van der Waals surface area contributed by atoms with Gasteiger partial charge in [0.1, 0.15) is 23.8 Å². The first kappa shape index (κ1) is 43.2. The average molecular weight is 963 g/mol. The molecular formula is C70H50N4O. The first-order valence-electron chi connectivity index (χ1n) is 26.0. The molecule has 2 aliphatic rings. The molecule has 0 N–H and O–H groups in total. The Balaban J connectivity index is 0.914. The number of fused-ring (bicyclic) bond motifs is 15. The number of aromatic nitrogens is 2. The fraction of sp³-hybridized carbons (Fsp3) is 0.0714.